The molecule has 4 rings (SSSR count). The van der Waals surface area contributed by atoms with Crippen LogP contribution in [0.25, 0.3) is 0 Å². The Morgan fingerprint density at radius 1 is 0.941 bits per heavy atom. The number of β-amino-alcohol motifs (C(OH)–C–C–N with tert-alkyl or cyclic N) is 1. The highest BCUT2D eigenvalue weighted by atomic mass is 35.5. The number of rotatable bonds is 7. The lowest BCUT2D eigenvalue weighted by atomic mass is 10.1. The molecule has 2 atom stereocenters. The molecular weight excluding hydrogens is 462 g/mol. The number of ether oxygens (including phenoxy) is 1. The molecule has 3 aromatic rings. The molecule has 0 aromatic heterocycles. The average Bonchev–Trinajstić information content (AvgIpc) is 3.20. The van der Waals surface area contributed by atoms with E-state index in [9.17, 15) is 18.7 Å². The molecule has 1 heterocycles. The second kappa shape index (κ2) is 11.0. The fraction of sp³-hybridized carbons (Fsp3) is 0.269. The number of carbonyl (C=O) groups excluding carboxylic acids is 1. The molecule has 178 valence electrons. The van der Waals surface area contributed by atoms with Gasteiger partial charge in [-0.15, -0.1) is 0 Å². The van der Waals surface area contributed by atoms with Crippen molar-refractivity contribution in [2.75, 3.05) is 13.1 Å². The molecule has 1 aliphatic heterocycles. The summed E-state index contributed by atoms with van der Waals surface area (Å²) >= 11 is 6.00. The van der Waals surface area contributed by atoms with E-state index < -0.39 is 29.9 Å². The summed E-state index contributed by atoms with van der Waals surface area (Å²) in [5, 5.41) is 11.4. The van der Waals surface area contributed by atoms with Gasteiger partial charge in [0.05, 0.1) is 18.7 Å². The summed E-state index contributed by atoms with van der Waals surface area (Å²) < 4.78 is 33.0. The first-order chi connectivity index (χ1) is 16.4. The van der Waals surface area contributed by atoms with E-state index in [-0.39, 0.29) is 26.2 Å². The van der Waals surface area contributed by atoms with Crippen LogP contribution in [-0.2, 0) is 24.4 Å². The summed E-state index contributed by atoms with van der Waals surface area (Å²) in [6.07, 6.45) is -1.37. The van der Waals surface area contributed by atoms with Crippen molar-refractivity contribution in [3.63, 3.8) is 0 Å². The van der Waals surface area contributed by atoms with Crippen LogP contribution in [0.1, 0.15) is 16.7 Å². The molecule has 0 bridgehead atoms. The Hall–Kier alpha value is -3.00. The second-order valence-electron chi connectivity index (χ2n) is 8.39. The first kappa shape index (κ1) is 24.1. The molecule has 3 aromatic carbocycles. The molecule has 1 saturated heterocycles. The zero-order valence-electron chi connectivity index (χ0n) is 18.4. The Labute approximate surface area is 202 Å². The Balaban J connectivity index is 1.48. The van der Waals surface area contributed by atoms with Gasteiger partial charge in [-0.1, -0.05) is 54.1 Å². The van der Waals surface area contributed by atoms with E-state index in [2.05, 4.69) is 0 Å². The quantitative estimate of drug-likeness (QED) is 0.510. The lowest BCUT2D eigenvalue weighted by molar-refractivity contribution is 0.0727. The van der Waals surface area contributed by atoms with Crippen LogP contribution in [0, 0.1) is 11.6 Å². The third-order valence-corrected chi connectivity index (χ3v) is 6.05. The molecule has 0 aliphatic carbocycles. The summed E-state index contributed by atoms with van der Waals surface area (Å²) in [4.78, 5) is 16.0. The Morgan fingerprint density at radius 2 is 1.59 bits per heavy atom. The predicted molar refractivity (Wildman–Crippen MR) is 125 cm³/mol. The molecule has 1 N–H and O–H groups in total. The number of likely N-dealkylation sites (tertiary alicyclic amines) is 1. The summed E-state index contributed by atoms with van der Waals surface area (Å²) in [5.74, 6) is -1.33. The zero-order chi connectivity index (χ0) is 24.1. The van der Waals surface area contributed by atoms with Crippen molar-refractivity contribution in [3.05, 3.63) is 106 Å². The van der Waals surface area contributed by atoms with Crippen molar-refractivity contribution in [3.8, 4) is 0 Å². The van der Waals surface area contributed by atoms with Gasteiger partial charge >= 0.3 is 6.09 Å². The van der Waals surface area contributed by atoms with Gasteiger partial charge in [-0.2, -0.15) is 0 Å². The van der Waals surface area contributed by atoms with Crippen LogP contribution in [0.2, 0.25) is 5.02 Å². The lowest BCUT2D eigenvalue weighted by Crippen LogP contribution is -2.42. The van der Waals surface area contributed by atoms with Crippen molar-refractivity contribution >= 4 is 17.7 Å². The maximum atomic E-state index is 13.8. The third-order valence-electron chi connectivity index (χ3n) is 5.80. The van der Waals surface area contributed by atoms with E-state index in [0.29, 0.717) is 17.1 Å². The highest BCUT2D eigenvalue weighted by Gasteiger charge is 2.38. The summed E-state index contributed by atoms with van der Waals surface area (Å²) in [5.41, 5.74) is 2.21. The molecule has 0 spiro atoms. The van der Waals surface area contributed by atoms with Crippen molar-refractivity contribution < 1.29 is 23.4 Å². The third kappa shape index (κ3) is 6.32. The van der Waals surface area contributed by atoms with Gasteiger partial charge in [-0.3, -0.25) is 4.90 Å². The first-order valence-corrected chi connectivity index (χ1v) is 11.3. The Morgan fingerprint density at radius 3 is 2.26 bits per heavy atom. The van der Waals surface area contributed by atoms with E-state index in [4.69, 9.17) is 16.3 Å². The number of aliphatic hydroxyl groups is 1. The van der Waals surface area contributed by atoms with E-state index in [1.165, 1.54) is 17.0 Å². The molecule has 8 heteroatoms. The number of hydrogen-bond acceptors (Lipinski definition) is 4. The number of carbonyl (C=O) groups is 1. The molecule has 1 amide bonds. The normalized spacial score (nSPS) is 17.9. The molecular formula is C26H25ClF2N2O3. The number of amides is 1. The lowest BCUT2D eigenvalue weighted by Gasteiger charge is -2.30. The highest BCUT2D eigenvalue weighted by Crippen LogP contribution is 2.24. The molecule has 5 nitrogen and oxygen atoms in total. The topological polar surface area (TPSA) is 53.0 Å². The molecule has 0 unspecified atom stereocenters. The summed E-state index contributed by atoms with van der Waals surface area (Å²) in [6.45, 7) is 1.04. The van der Waals surface area contributed by atoms with Gasteiger partial charge in [0.1, 0.15) is 18.2 Å². The van der Waals surface area contributed by atoms with E-state index in [0.717, 1.165) is 17.2 Å². The Bertz CT molecular complexity index is 1090. The molecule has 34 heavy (non-hydrogen) atoms. The minimum atomic E-state index is -0.852. The number of halogens is 3. The van der Waals surface area contributed by atoms with Crippen molar-refractivity contribution in [2.24, 2.45) is 0 Å². The van der Waals surface area contributed by atoms with Gasteiger partial charge in [0.25, 0.3) is 0 Å². The molecule has 0 saturated carbocycles. The number of benzene rings is 3. The number of nitrogens with zero attached hydrogens (tertiary/aromatic N) is 2. The van der Waals surface area contributed by atoms with Crippen LogP contribution in [0.5, 0.6) is 0 Å². The maximum absolute atomic E-state index is 13.8. The fourth-order valence-electron chi connectivity index (χ4n) is 4.14. The SMILES string of the molecule is O=C(OCc1ccccc1)N1C[C@@H](O)[C@H](N(Cc2ccc(Cl)cc2)Cc2cc(F)cc(F)c2)C1. The van der Waals surface area contributed by atoms with Gasteiger partial charge in [-0.05, 0) is 41.0 Å². The Kier molecular flexibility index (Phi) is 7.77. The minimum absolute atomic E-state index is 0.104. The van der Waals surface area contributed by atoms with Gasteiger partial charge in [-0.25, -0.2) is 13.6 Å². The molecule has 1 fully saturated rings. The maximum Gasteiger partial charge on any atom is 0.410 e. The second-order valence-corrected chi connectivity index (χ2v) is 8.83. The van der Waals surface area contributed by atoms with Crippen LogP contribution >= 0.6 is 11.6 Å². The van der Waals surface area contributed by atoms with E-state index in [1.807, 2.05) is 47.4 Å². The van der Waals surface area contributed by atoms with Gasteiger partial charge in [0.2, 0.25) is 0 Å². The smallest absolute Gasteiger partial charge is 0.410 e. The van der Waals surface area contributed by atoms with Crippen LogP contribution in [0.15, 0.2) is 72.8 Å². The first-order valence-electron chi connectivity index (χ1n) is 10.9. The average molecular weight is 487 g/mol. The highest BCUT2D eigenvalue weighted by molar-refractivity contribution is 6.30. The zero-order valence-corrected chi connectivity index (χ0v) is 19.2. The minimum Gasteiger partial charge on any atom is -0.445 e. The summed E-state index contributed by atoms with van der Waals surface area (Å²) in [6, 6.07) is 19.5. The molecule has 0 radical (unpaired) electrons. The monoisotopic (exact) mass is 486 g/mol. The number of aliphatic hydroxyl groups excluding tert-OH is 1. The van der Waals surface area contributed by atoms with Crippen LogP contribution in [0.4, 0.5) is 13.6 Å². The number of hydrogen-bond donors (Lipinski definition) is 1. The van der Waals surface area contributed by atoms with Gasteiger partial charge in [0, 0.05) is 30.7 Å². The van der Waals surface area contributed by atoms with Crippen molar-refractivity contribution in [2.45, 2.75) is 31.8 Å². The standard InChI is InChI=1S/C26H25ClF2N2O3/c27-21-8-6-18(7-9-21)13-30(14-20-10-22(28)12-23(29)11-20)24-15-31(16-25(24)32)26(33)34-17-19-4-2-1-3-5-19/h1-12,24-25,32H,13-17H2/t24-,25-/m1/s1. The van der Waals surface area contributed by atoms with Gasteiger partial charge < -0.3 is 14.7 Å². The van der Waals surface area contributed by atoms with Crippen LogP contribution in [0.3, 0.4) is 0 Å². The fourth-order valence-corrected chi connectivity index (χ4v) is 4.27. The summed E-state index contributed by atoms with van der Waals surface area (Å²) in [7, 11) is 0. The predicted octanol–water partition coefficient (Wildman–Crippen LogP) is 5.00. The van der Waals surface area contributed by atoms with Gasteiger partial charge in [0.15, 0.2) is 0 Å². The van der Waals surface area contributed by atoms with Crippen molar-refractivity contribution in [1.29, 1.82) is 0 Å². The largest absolute Gasteiger partial charge is 0.445 e. The van der Waals surface area contributed by atoms with E-state index in [1.54, 1.807) is 12.1 Å². The van der Waals surface area contributed by atoms with Crippen molar-refractivity contribution in [1.82, 2.24) is 9.80 Å². The molecule has 1 aliphatic rings. The van der Waals surface area contributed by atoms with Crippen LogP contribution in [-0.4, -0.2) is 46.2 Å². The van der Waals surface area contributed by atoms with E-state index >= 15 is 0 Å². The van der Waals surface area contributed by atoms with Crippen LogP contribution < -0.4 is 0 Å².